The van der Waals surface area contributed by atoms with Gasteiger partial charge in [0.05, 0.1) is 17.0 Å². The van der Waals surface area contributed by atoms with E-state index in [1.54, 1.807) is 37.3 Å². The molecule has 0 saturated heterocycles. The van der Waals surface area contributed by atoms with Crippen molar-refractivity contribution < 1.29 is 18.0 Å². The summed E-state index contributed by atoms with van der Waals surface area (Å²) in [4.78, 5) is 27.6. The number of carbonyl (C=O) groups excluding carboxylic acids is 2. The van der Waals surface area contributed by atoms with Crippen molar-refractivity contribution in [1.29, 1.82) is 0 Å². The van der Waals surface area contributed by atoms with E-state index in [1.165, 1.54) is 17.0 Å². The molecule has 0 aliphatic rings. The van der Waals surface area contributed by atoms with E-state index in [4.69, 9.17) is 34.8 Å². The Hall–Kier alpha value is -2.00. The molecule has 11 heteroatoms. The van der Waals surface area contributed by atoms with Crippen LogP contribution in [0.1, 0.15) is 26.3 Å². The highest BCUT2D eigenvalue weighted by molar-refractivity contribution is 7.92. The van der Waals surface area contributed by atoms with Gasteiger partial charge in [-0.25, -0.2) is 8.42 Å². The van der Waals surface area contributed by atoms with E-state index in [0.717, 1.165) is 10.6 Å². The predicted molar refractivity (Wildman–Crippen MR) is 138 cm³/mol. The van der Waals surface area contributed by atoms with Gasteiger partial charge < -0.3 is 10.2 Å². The molecule has 0 heterocycles. The normalized spacial score (nSPS) is 12.4. The molecule has 186 valence electrons. The molecule has 1 N–H and O–H groups in total. The van der Waals surface area contributed by atoms with Gasteiger partial charge in [-0.05, 0) is 37.1 Å². The van der Waals surface area contributed by atoms with Gasteiger partial charge in [0, 0.05) is 28.7 Å². The second kappa shape index (κ2) is 12.1. The van der Waals surface area contributed by atoms with Crippen LogP contribution in [0.5, 0.6) is 0 Å². The highest BCUT2D eigenvalue weighted by Gasteiger charge is 2.31. The molecule has 0 radical (unpaired) electrons. The van der Waals surface area contributed by atoms with Crippen LogP contribution >= 0.6 is 34.8 Å². The van der Waals surface area contributed by atoms with Crippen molar-refractivity contribution >= 4 is 62.3 Å². The van der Waals surface area contributed by atoms with Gasteiger partial charge in [0.25, 0.3) is 0 Å². The average Bonchev–Trinajstić information content (AvgIpc) is 2.75. The van der Waals surface area contributed by atoms with Crippen molar-refractivity contribution in [2.24, 2.45) is 5.92 Å². The fraction of sp³-hybridized carbons (Fsp3) is 0.391. The maximum Gasteiger partial charge on any atom is 0.244 e. The van der Waals surface area contributed by atoms with Crippen LogP contribution in [0.15, 0.2) is 42.5 Å². The zero-order valence-electron chi connectivity index (χ0n) is 19.4. The molecule has 2 rings (SSSR count). The fourth-order valence-corrected chi connectivity index (χ4v) is 4.80. The van der Waals surface area contributed by atoms with Crippen LogP contribution in [0.4, 0.5) is 5.69 Å². The van der Waals surface area contributed by atoms with Gasteiger partial charge in [0.1, 0.15) is 12.6 Å². The molecular formula is C23H28Cl3N3O4S. The van der Waals surface area contributed by atoms with E-state index in [-0.39, 0.29) is 29.1 Å². The van der Waals surface area contributed by atoms with Gasteiger partial charge in [0.2, 0.25) is 21.8 Å². The number of anilines is 1. The van der Waals surface area contributed by atoms with Crippen molar-refractivity contribution in [3.8, 4) is 0 Å². The number of amides is 2. The van der Waals surface area contributed by atoms with Crippen molar-refractivity contribution in [2.75, 3.05) is 23.7 Å². The van der Waals surface area contributed by atoms with Crippen LogP contribution < -0.4 is 9.62 Å². The SMILES string of the molecule is CC(C)CNC(=O)[C@H](C)N(Cc1c(Cl)cccc1Cl)C(=O)CN(c1ccccc1Cl)S(C)(=O)=O. The lowest BCUT2D eigenvalue weighted by atomic mass is 10.1. The minimum atomic E-state index is -3.88. The largest absolute Gasteiger partial charge is 0.354 e. The van der Waals surface area contributed by atoms with E-state index in [0.29, 0.717) is 22.2 Å². The molecule has 0 aromatic heterocycles. The van der Waals surface area contributed by atoms with Crippen LogP contribution in [0.25, 0.3) is 0 Å². The molecular weight excluding hydrogens is 521 g/mol. The molecule has 0 saturated carbocycles. The molecule has 0 bridgehead atoms. The Morgan fingerprint density at radius 1 is 0.941 bits per heavy atom. The van der Waals surface area contributed by atoms with Gasteiger partial charge >= 0.3 is 0 Å². The quantitative estimate of drug-likeness (QED) is 0.470. The van der Waals surface area contributed by atoms with Crippen molar-refractivity contribution in [2.45, 2.75) is 33.4 Å². The highest BCUT2D eigenvalue weighted by atomic mass is 35.5. The van der Waals surface area contributed by atoms with Gasteiger partial charge in [-0.2, -0.15) is 0 Å². The van der Waals surface area contributed by atoms with Gasteiger partial charge in [0.15, 0.2) is 0 Å². The van der Waals surface area contributed by atoms with Crippen LogP contribution in [-0.2, 0) is 26.2 Å². The van der Waals surface area contributed by atoms with Crippen LogP contribution in [0, 0.1) is 5.92 Å². The average molecular weight is 549 g/mol. The molecule has 0 spiro atoms. The number of carbonyl (C=O) groups is 2. The predicted octanol–water partition coefficient (Wildman–Crippen LogP) is 4.60. The third-order valence-electron chi connectivity index (χ3n) is 5.04. The van der Waals surface area contributed by atoms with Gasteiger partial charge in [-0.3, -0.25) is 13.9 Å². The number of para-hydroxylation sites is 1. The number of rotatable bonds is 10. The van der Waals surface area contributed by atoms with E-state index >= 15 is 0 Å². The first-order chi connectivity index (χ1) is 15.8. The summed E-state index contributed by atoms with van der Waals surface area (Å²) in [6, 6.07) is 10.3. The standard InChI is InChI=1S/C23H28Cl3N3O4S/c1-15(2)12-27-23(31)16(3)28(13-17-18(24)9-7-10-19(17)25)22(30)14-29(34(4,32)33)21-11-6-5-8-20(21)26/h5-11,15-16H,12-14H2,1-4H3,(H,27,31)/t16-/m0/s1. The van der Waals surface area contributed by atoms with E-state index in [1.807, 2.05) is 13.8 Å². The summed E-state index contributed by atoms with van der Waals surface area (Å²) in [6.07, 6.45) is 0.984. The third kappa shape index (κ3) is 7.50. The summed E-state index contributed by atoms with van der Waals surface area (Å²) in [6.45, 7) is 5.24. The summed E-state index contributed by atoms with van der Waals surface area (Å²) in [7, 11) is -3.88. The maximum atomic E-state index is 13.5. The number of halogens is 3. The van der Waals surface area contributed by atoms with Gasteiger partial charge in [-0.15, -0.1) is 0 Å². The fourth-order valence-electron chi connectivity index (χ4n) is 3.14. The number of nitrogens with one attached hydrogen (secondary N) is 1. The van der Waals surface area contributed by atoms with E-state index in [9.17, 15) is 18.0 Å². The molecule has 7 nitrogen and oxygen atoms in total. The van der Waals surface area contributed by atoms with Crippen LogP contribution in [-0.4, -0.2) is 50.5 Å². The first-order valence-electron chi connectivity index (χ1n) is 10.5. The Bertz CT molecular complexity index is 1120. The zero-order valence-corrected chi connectivity index (χ0v) is 22.5. The van der Waals surface area contributed by atoms with E-state index in [2.05, 4.69) is 5.32 Å². The summed E-state index contributed by atoms with van der Waals surface area (Å²) >= 11 is 18.8. The third-order valence-corrected chi connectivity index (χ3v) is 7.20. The van der Waals surface area contributed by atoms with Crippen molar-refractivity contribution in [3.63, 3.8) is 0 Å². The van der Waals surface area contributed by atoms with Crippen molar-refractivity contribution in [1.82, 2.24) is 10.2 Å². The zero-order chi connectivity index (χ0) is 25.6. The smallest absolute Gasteiger partial charge is 0.244 e. The lowest BCUT2D eigenvalue weighted by Crippen LogP contribution is -2.51. The Labute approximate surface area is 216 Å². The van der Waals surface area contributed by atoms with Gasteiger partial charge in [-0.1, -0.05) is 66.8 Å². The van der Waals surface area contributed by atoms with Crippen molar-refractivity contribution in [3.05, 3.63) is 63.1 Å². The molecule has 0 aliphatic carbocycles. The molecule has 34 heavy (non-hydrogen) atoms. The lowest BCUT2D eigenvalue weighted by molar-refractivity contribution is -0.139. The number of benzene rings is 2. The first-order valence-corrected chi connectivity index (χ1v) is 13.5. The number of sulfonamides is 1. The van der Waals surface area contributed by atoms with Crippen LogP contribution in [0.3, 0.4) is 0 Å². The van der Waals surface area contributed by atoms with Crippen LogP contribution in [0.2, 0.25) is 15.1 Å². The first kappa shape index (κ1) is 28.2. The molecule has 0 unspecified atom stereocenters. The molecule has 0 fully saturated rings. The Morgan fingerprint density at radius 3 is 2.03 bits per heavy atom. The minimum Gasteiger partial charge on any atom is -0.354 e. The highest BCUT2D eigenvalue weighted by Crippen LogP contribution is 2.29. The lowest BCUT2D eigenvalue weighted by Gasteiger charge is -2.32. The Balaban J connectivity index is 2.44. The molecule has 1 atom stereocenters. The second-order valence-electron chi connectivity index (χ2n) is 8.26. The number of hydrogen-bond acceptors (Lipinski definition) is 4. The van der Waals surface area contributed by atoms with E-state index < -0.39 is 28.5 Å². The summed E-state index contributed by atoms with van der Waals surface area (Å²) in [5.74, 6) is -0.790. The summed E-state index contributed by atoms with van der Waals surface area (Å²) in [5.41, 5.74) is 0.610. The Kier molecular flexibility index (Phi) is 10.1. The maximum absolute atomic E-state index is 13.5. The summed E-state index contributed by atoms with van der Waals surface area (Å²) in [5, 5.41) is 3.63. The minimum absolute atomic E-state index is 0.0896. The molecule has 2 aromatic rings. The Morgan fingerprint density at radius 2 is 1.50 bits per heavy atom. The molecule has 2 amide bonds. The topological polar surface area (TPSA) is 86.8 Å². The number of nitrogens with zero attached hydrogens (tertiary/aromatic N) is 2. The molecule has 0 aliphatic heterocycles. The second-order valence-corrected chi connectivity index (χ2v) is 11.4. The summed E-state index contributed by atoms with van der Waals surface area (Å²) < 4.78 is 26.0. The monoisotopic (exact) mass is 547 g/mol. The number of hydrogen-bond donors (Lipinski definition) is 1. The molecule has 2 aromatic carbocycles.